The predicted octanol–water partition coefficient (Wildman–Crippen LogP) is 3.07. The largest absolute Gasteiger partial charge is 0.469 e. The minimum Gasteiger partial charge on any atom is -0.469 e. The Kier molecular flexibility index (Phi) is 4.28. The summed E-state index contributed by atoms with van der Waals surface area (Å²) in [5, 5.41) is 3.77. The normalized spacial score (nSPS) is 15.4. The van der Waals surface area contributed by atoms with Crippen molar-refractivity contribution in [2.75, 3.05) is 18.0 Å². The number of para-hydroxylation sites is 1. The van der Waals surface area contributed by atoms with Gasteiger partial charge in [0.25, 0.3) is 5.91 Å². The molecule has 0 saturated carbocycles. The van der Waals surface area contributed by atoms with Crippen LogP contribution in [0, 0.1) is 12.7 Å². The van der Waals surface area contributed by atoms with E-state index in [9.17, 15) is 9.18 Å². The average Bonchev–Trinajstić information content (AvgIpc) is 3.09. The number of furan rings is 1. The molecular formula is C19H19FN4O2. The maximum atomic E-state index is 13.9. The van der Waals surface area contributed by atoms with Crippen molar-refractivity contribution < 1.29 is 13.6 Å². The van der Waals surface area contributed by atoms with E-state index in [0.29, 0.717) is 22.2 Å². The smallest absolute Gasteiger partial charge is 0.255 e. The summed E-state index contributed by atoms with van der Waals surface area (Å²) in [7, 11) is 0. The lowest BCUT2D eigenvalue weighted by Crippen LogP contribution is -2.45. The van der Waals surface area contributed by atoms with Crippen molar-refractivity contribution in [1.29, 1.82) is 0 Å². The van der Waals surface area contributed by atoms with E-state index in [1.54, 1.807) is 19.1 Å². The van der Waals surface area contributed by atoms with Gasteiger partial charge in [-0.15, -0.1) is 0 Å². The molecule has 7 heteroatoms. The first kappa shape index (κ1) is 16.5. The number of aryl methyl sites for hydroxylation is 1. The SMILES string of the molecule is Cc1occc1C(=O)NC1CCN(c2ncnc3c(F)cccc23)CC1. The standard InChI is InChI=1S/C19H19FN4O2/c1-12-14(7-10-26-12)19(25)23-13-5-8-24(9-6-13)18-15-3-2-4-16(20)17(15)21-11-22-18/h2-4,7,10-11,13H,5-6,8-9H2,1H3,(H,23,25). The number of nitrogens with zero attached hydrogens (tertiary/aromatic N) is 3. The maximum Gasteiger partial charge on any atom is 0.255 e. The number of benzene rings is 1. The molecule has 1 aromatic carbocycles. The molecule has 0 bridgehead atoms. The molecule has 26 heavy (non-hydrogen) atoms. The van der Waals surface area contributed by atoms with Gasteiger partial charge >= 0.3 is 0 Å². The molecule has 3 aromatic rings. The van der Waals surface area contributed by atoms with Gasteiger partial charge in [-0.05, 0) is 38.0 Å². The number of piperidine rings is 1. The van der Waals surface area contributed by atoms with E-state index in [1.165, 1.54) is 18.7 Å². The number of anilines is 1. The van der Waals surface area contributed by atoms with E-state index in [0.717, 1.165) is 31.7 Å². The summed E-state index contributed by atoms with van der Waals surface area (Å²) in [6.07, 6.45) is 4.51. The quantitative estimate of drug-likeness (QED) is 0.783. The fourth-order valence-corrected chi connectivity index (χ4v) is 3.41. The van der Waals surface area contributed by atoms with Crippen LogP contribution in [0.25, 0.3) is 10.9 Å². The van der Waals surface area contributed by atoms with Crippen LogP contribution in [0.15, 0.2) is 41.3 Å². The van der Waals surface area contributed by atoms with Gasteiger partial charge in [0.2, 0.25) is 0 Å². The third-order valence-corrected chi connectivity index (χ3v) is 4.83. The van der Waals surface area contributed by atoms with E-state index in [4.69, 9.17) is 4.42 Å². The highest BCUT2D eigenvalue weighted by molar-refractivity contribution is 5.95. The summed E-state index contributed by atoms with van der Waals surface area (Å²) in [5.74, 6) is 0.910. The van der Waals surface area contributed by atoms with Crippen molar-refractivity contribution in [2.45, 2.75) is 25.8 Å². The van der Waals surface area contributed by atoms with Gasteiger partial charge in [-0.2, -0.15) is 0 Å². The van der Waals surface area contributed by atoms with E-state index in [1.807, 2.05) is 6.07 Å². The second-order valence-corrected chi connectivity index (χ2v) is 6.46. The zero-order valence-corrected chi connectivity index (χ0v) is 14.4. The second-order valence-electron chi connectivity index (χ2n) is 6.46. The lowest BCUT2D eigenvalue weighted by molar-refractivity contribution is 0.0929. The highest BCUT2D eigenvalue weighted by atomic mass is 19.1. The molecule has 0 unspecified atom stereocenters. The van der Waals surface area contributed by atoms with Gasteiger partial charge in [0.15, 0.2) is 0 Å². The number of nitrogens with one attached hydrogen (secondary N) is 1. The maximum absolute atomic E-state index is 13.9. The van der Waals surface area contributed by atoms with E-state index in [-0.39, 0.29) is 17.8 Å². The lowest BCUT2D eigenvalue weighted by atomic mass is 10.0. The van der Waals surface area contributed by atoms with Crippen molar-refractivity contribution in [1.82, 2.24) is 15.3 Å². The molecular weight excluding hydrogens is 335 g/mol. The van der Waals surface area contributed by atoms with Gasteiger partial charge in [0, 0.05) is 24.5 Å². The Morgan fingerprint density at radius 1 is 1.27 bits per heavy atom. The molecule has 1 aliphatic rings. The zero-order chi connectivity index (χ0) is 18.1. The molecule has 1 amide bonds. The number of rotatable bonds is 3. The third kappa shape index (κ3) is 3.00. The first-order valence-electron chi connectivity index (χ1n) is 8.62. The Hall–Kier alpha value is -2.96. The van der Waals surface area contributed by atoms with Gasteiger partial charge in [-0.25, -0.2) is 14.4 Å². The van der Waals surface area contributed by atoms with Gasteiger partial charge in [-0.3, -0.25) is 4.79 Å². The van der Waals surface area contributed by atoms with Crippen molar-refractivity contribution in [2.24, 2.45) is 0 Å². The summed E-state index contributed by atoms with van der Waals surface area (Å²) in [5.41, 5.74) is 0.910. The first-order chi connectivity index (χ1) is 12.6. The van der Waals surface area contributed by atoms with Crippen molar-refractivity contribution >= 4 is 22.6 Å². The monoisotopic (exact) mass is 354 g/mol. The Morgan fingerprint density at radius 2 is 2.08 bits per heavy atom. The van der Waals surface area contributed by atoms with Crippen LogP contribution < -0.4 is 10.2 Å². The van der Waals surface area contributed by atoms with Crippen LogP contribution in [0.1, 0.15) is 29.0 Å². The molecule has 0 radical (unpaired) electrons. The van der Waals surface area contributed by atoms with Crippen LogP contribution in [-0.2, 0) is 0 Å². The number of carbonyl (C=O) groups excluding carboxylic acids is 1. The molecule has 0 atom stereocenters. The molecule has 0 aliphatic carbocycles. The summed E-state index contributed by atoms with van der Waals surface area (Å²) in [6.45, 7) is 3.24. The zero-order valence-electron chi connectivity index (χ0n) is 14.4. The van der Waals surface area contributed by atoms with Crippen LogP contribution >= 0.6 is 0 Å². The number of fused-ring (bicyclic) bond motifs is 1. The molecule has 1 fully saturated rings. The number of hydrogen-bond donors (Lipinski definition) is 1. The number of halogens is 1. The van der Waals surface area contributed by atoms with Gasteiger partial charge in [0.05, 0.1) is 11.8 Å². The summed E-state index contributed by atoms with van der Waals surface area (Å²) >= 11 is 0. The molecule has 4 rings (SSSR count). The highest BCUT2D eigenvalue weighted by Crippen LogP contribution is 2.27. The van der Waals surface area contributed by atoms with Crippen LogP contribution in [0.3, 0.4) is 0 Å². The predicted molar refractivity (Wildman–Crippen MR) is 95.6 cm³/mol. The lowest BCUT2D eigenvalue weighted by Gasteiger charge is -2.33. The van der Waals surface area contributed by atoms with E-state index >= 15 is 0 Å². The van der Waals surface area contributed by atoms with Crippen LogP contribution in [0.5, 0.6) is 0 Å². The highest BCUT2D eigenvalue weighted by Gasteiger charge is 2.24. The average molecular weight is 354 g/mol. The van der Waals surface area contributed by atoms with Gasteiger partial charge in [-0.1, -0.05) is 6.07 Å². The Balaban J connectivity index is 1.45. The molecule has 0 spiro atoms. The number of amides is 1. The second kappa shape index (κ2) is 6.74. The fraction of sp³-hybridized carbons (Fsp3) is 0.316. The Labute approximate surface area is 150 Å². The molecule has 6 nitrogen and oxygen atoms in total. The Morgan fingerprint density at radius 3 is 2.81 bits per heavy atom. The summed E-state index contributed by atoms with van der Waals surface area (Å²) in [4.78, 5) is 22.8. The number of hydrogen-bond acceptors (Lipinski definition) is 5. The van der Waals surface area contributed by atoms with Crippen LogP contribution in [-0.4, -0.2) is 35.0 Å². The molecule has 3 heterocycles. The third-order valence-electron chi connectivity index (χ3n) is 4.83. The van der Waals surface area contributed by atoms with E-state index < -0.39 is 0 Å². The topological polar surface area (TPSA) is 71.3 Å². The number of aromatic nitrogens is 2. The summed E-state index contributed by atoms with van der Waals surface area (Å²) < 4.78 is 19.1. The van der Waals surface area contributed by atoms with Crippen LogP contribution in [0.2, 0.25) is 0 Å². The Bertz CT molecular complexity index is 948. The van der Waals surface area contributed by atoms with E-state index in [2.05, 4.69) is 20.2 Å². The summed E-state index contributed by atoms with van der Waals surface area (Å²) in [6, 6.07) is 6.69. The molecule has 134 valence electrons. The molecule has 1 aliphatic heterocycles. The van der Waals surface area contributed by atoms with Gasteiger partial charge in [0.1, 0.15) is 29.2 Å². The number of carbonyl (C=O) groups is 1. The fourth-order valence-electron chi connectivity index (χ4n) is 3.41. The van der Waals surface area contributed by atoms with Crippen LogP contribution in [0.4, 0.5) is 10.2 Å². The minimum atomic E-state index is -0.344. The molecule has 1 saturated heterocycles. The molecule has 1 N–H and O–H groups in total. The molecule has 2 aromatic heterocycles. The van der Waals surface area contributed by atoms with Crippen molar-refractivity contribution in [3.63, 3.8) is 0 Å². The van der Waals surface area contributed by atoms with Gasteiger partial charge < -0.3 is 14.6 Å². The van der Waals surface area contributed by atoms with Crippen molar-refractivity contribution in [3.05, 3.63) is 54.0 Å². The van der Waals surface area contributed by atoms with Crippen molar-refractivity contribution in [3.8, 4) is 0 Å². The first-order valence-corrected chi connectivity index (χ1v) is 8.62. The minimum absolute atomic E-state index is 0.0953.